The first-order valence-corrected chi connectivity index (χ1v) is 10.1. The summed E-state index contributed by atoms with van der Waals surface area (Å²) in [5.74, 6) is -0.420. The number of aryl methyl sites for hydroxylation is 3. The molecular formula is C24H30N4O2. The Kier molecular flexibility index (Phi) is 7.60. The molecule has 0 bridgehead atoms. The zero-order valence-corrected chi connectivity index (χ0v) is 18.6. The predicted molar refractivity (Wildman–Crippen MR) is 120 cm³/mol. The quantitative estimate of drug-likeness (QED) is 0.537. The van der Waals surface area contributed by atoms with Crippen LogP contribution >= 0.6 is 0 Å². The predicted octanol–water partition coefficient (Wildman–Crippen LogP) is 4.04. The number of aromatic nitrogens is 1. The van der Waals surface area contributed by atoms with E-state index in [1.807, 2.05) is 58.0 Å². The van der Waals surface area contributed by atoms with Crippen molar-refractivity contribution >= 4 is 23.6 Å². The normalized spacial score (nSPS) is 11.3. The van der Waals surface area contributed by atoms with E-state index in [2.05, 4.69) is 29.0 Å². The standard InChI is InChI=1S/C24H30N4O2/c1-15(2)14-28-18(5)10-20(19(28)6)11-21(12-25)24(30)26-13-22(29)27-23-16(3)8-7-9-17(23)4/h7-11,15H,13-14H2,1-6H3,(H,26,30)(H,27,29)/b21-11+. The molecule has 0 saturated carbocycles. The first-order valence-electron chi connectivity index (χ1n) is 10.1. The smallest absolute Gasteiger partial charge is 0.262 e. The highest BCUT2D eigenvalue weighted by Crippen LogP contribution is 2.20. The number of benzene rings is 1. The van der Waals surface area contributed by atoms with E-state index in [0.29, 0.717) is 5.92 Å². The van der Waals surface area contributed by atoms with Crippen LogP contribution in [0.3, 0.4) is 0 Å². The monoisotopic (exact) mass is 406 g/mol. The van der Waals surface area contributed by atoms with E-state index in [1.165, 1.54) is 0 Å². The average Bonchev–Trinajstić information content (AvgIpc) is 2.94. The maximum absolute atomic E-state index is 12.5. The fraction of sp³-hybridized carbons (Fsp3) is 0.375. The van der Waals surface area contributed by atoms with Crippen molar-refractivity contribution in [2.24, 2.45) is 5.92 Å². The third-order valence-electron chi connectivity index (χ3n) is 4.98. The molecular weight excluding hydrogens is 376 g/mol. The summed E-state index contributed by atoms with van der Waals surface area (Å²) in [5, 5.41) is 14.8. The van der Waals surface area contributed by atoms with Gasteiger partial charge in [-0.15, -0.1) is 0 Å². The molecule has 0 aliphatic heterocycles. The summed E-state index contributed by atoms with van der Waals surface area (Å²) in [6.45, 7) is 12.8. The van der Waals surface area contributed by atoms with Crippen molar-refractivity contribution in [1.29, 1.82) is 5.26 Å². The molecule has 1 aromatic carbocycles. The highest BCUT2D eigenvalue weighted by molar-refractivity contribution is 6.04. The van der Waals surface area contributed by atoms with E-state index in [9.17, 15) is 14.9 Å². The lowest BCUT2D eigenvalue weighted by atomic mass is 10.1. The molecule has 158 valence electrons. The zero-order valence-electron chi connectivity index (χ0n) is 18.6. The Morgan fingerprint density at radius 2 is 1.80 bits per heavy atom. The number of amides is 2. The van der Waals surface area contributed by atoms with E-state index < -0.39 is 5.91 Å². The van der Waals surface area contributed by atoms with Gasteiger partial charge in [-0.3, -0.25) is 9.59 Å². The Morgan fingerprint density at radius 3 is 2.37 bits per heavy atom. The third-order valence-corrected chi connectivity index (χ3v) is 4.98. The van der Waals surface area contributed by atoms with E-state index >= 15 is 0 Å². The second-order valence-electron chi connectivity index (χ2n) is 8.00. The third kappa shape index (κ3) is 5.60. The number of hydrogen-bond acceptors (Lipinski definition) is 3. The molecule has 2 rings (SSSR count). The van der Waals surface area contributed by atoms with Crippen LogP contribution in [0.5, 0.6) is 0 Å². The summed E-state index contributed by atoms with van der Waals surface area (Å²) < 4.78 is 2.18. The van der Waals surface area contributed by atoms with Crippen molar-refractivity contribution < 1.29 is 9.59 Å². The molecule has 1 aromatic heterocycles. The van der Waals surface area contributed by atoms with Crippen molar-refractivity contribution in [3.63, 3.8) is 0 Å². The van der Waals surface area contributed by atoms with Gasteiger partial charge in [0, 0.05) is 23.6 Å². The number of hydrogen-bond donors (Lipinski definition) is 2. The summed E-state index contributed by atoms with van der Waals surface area (Å²) in [4.78, 5) is 24.7. The Bertz CT molecular complexity index is 1000. The van der Waals surface area contributed by atoms with Crippen molar-refractivity contribution in [3.05, 3.63) is 57.9 Å². The summed E-state index contributed by atoms with van der Waals surface area (Å²) in [7, 11) is 0. The molecule has 0 spiro atoms. The number of anilines is 1. The van der Waals surface area contributed by atoms with Gasteiger partial charge >= 0.3 is 0 Å². The van der Waals surface area contributed by atoms with Crippen LogP contribution < -0.4 is 10.6 Å². The molecule has 1 heterocycles. The van der Waals surface area contributed by atoms with Crippen LogP contribution in [0.15, 0.2) is 29.8 Å². The largest absolute Gasteiger partial charge is 0.348 e. The number of nitriles is 1. The second kappa shape index (κ2) is 9.93. The zero-order chi connectivity index (χ0) is 22.4. The van der Waals surface area contributed by atoms with Crippen molar-refractivity contribution in [2.75, 3.05) is 11.9 Å². The van der Waals surface area contributed by atoms with Crippen molar-refractivity contribution in [3.8, 4) is 6.07 Å². The molecule has 30 heavy (non-hydrogen) atoms. The molecule has 2 N–H and O–H groups in total. The van der Waals surface area contributed by atoms with E-state index in [1.54, 1.807) is 6.08 Å². The van der Waals surface area contributed by atoms with Crippen molar-refractivity contribution in [2.45, 2.75) is 48.1 Å². The molecule has 0 atom stereocenters. The van der Waals surface area contributed by atoms with Gasteiger partial charge in [-0.1, -0.05) is 32.0 Å². The Labute approximate surface area is 178 Å². The van der Waals surface area contributed by atoms with Gasteiger partial charge in [0.2, 0.25) is 5.91 Å². The highest BCUT2D eigenvalue weighted by atomic mass is 16.2. The molecule has 0 unspecified atom stereocenters. The van der Waals surface area contributed by atoms with Crippen LogP contribution in [0.1, 0.15) is 41.9 Å². The minimum absolute atomic E-state index is 0.0281. The first kappa shape index (κ1) is 23.0. The number of para-hydroxylation sites is 1. The van der Waals surface area contributed by atoms with Crippen LogP contribution in [0.2, 0.25) is 0 Å². The van der Waals surface area contributed by atoms with E-state index in [-0.39, 0.29) is 18.0 Å². The molecule has 0 saturated heterocycles. The lowest BCUT2D eigenvalue weighted by molar-refractivity contribution is -0.121. The van der Waals surface area contributed by atoms with Crippen LogP contribution in [0, 0.1) is 44.9 Å². The lowest BCUT2D eigenvalue weighted by Crippen LogP contribution is -2.33. The molecule has 0 fully saturated rings. The summed E-state index contributed by atoms with van der Waals surface area (Å²) in [6.07, 6.45) is 1.58. The van der Waals surface area contributed by atoms with Crippen molar-refractivity contribution in [1.82, 2.24) is 9.88 Å². The summed E-state index contributed by atoms with van der Waals surface area (Å²) in [5.41, 5.74) is 5.53. The SMILES string of the molecule is Cc1cccc(C)c1NC(=O)CNC(=O)/C(C#N)=C/c1cc(C)n(CC(C)C)c1C. The number of nitrogens with one attached hydrogen (secondary N) is 2. The topological polar surface area (TPSA) is 86.9 Å². The lowest BCUT2D eigenvalue weighted by Gasteiger charge is -2.12. The average molecular weight is 407 g/mol. The van der Waals surface area contributed by atoms with Crippen LogP contribution in [-0.4, -0.2) is 22.9 Å². The van der Waals surface area contributed by atoms with Crippen LogP contribution in [-0.2, 0) is 16.1 Å². The van der Waals surface area contributed by atoms with E-state index in [4.69, 9.17) is 0 Å². The van der Waals surface area contributed by atoms with Crippen LogP contribution in [0.25, 0.3) is 6.08 Å². The summed E-state index contributed by atoms with van der Waals surface area (Å²) >= 11 is 0. The molecule has 0 aliphatic rings. The Hall–Kier alpha value is -3.33. The van der Waals surface area contributed by atoms with Crippen LogP contribution in [0.4, 0.5) is 5.69 Å². The number of nitrogens with zero attached hydrogens (tertiary/aromatic N) is 2. The Morgan fingerprint density at radius 1 is 1.17 bits per heavy atom. The minimum atomic E-state index is -0.567. The molecule has 2 amide bonds. The van der Waals surface area contributed by atoms with Gasteiger partial charge in [0.15, 0.2) is 0 Å². The number of carbonyl (C=O) groups excluding carboxylic acids is 2. The highest BCUT2D eigenvalue weighted by Gasteiger charge is 2.15. The van der Waals surface area contributed by atoms with Gasteiger partial charge in [0.25, 0.3) is 5.91 Å². The molecule has 6 heteroatoms. The maximum atomic E-state index is 12.5. The number of rotatable bonds is 7. The fourth-order valence-corrected chi connectivity index (χ4v) is 3.38. The second-order valence-corrected chi connectivity index (χ2v) is 8.00. The fourth-order valence-electron chi connectivity index (χ4n) is 3.38. The Balaban J connectivity index is 2.08. The summed E-state index contributed by atoms with van der Waals surface area (Å²) in [6, 6.07) is 9.66. The first-order chi connectivity index (χ1) is 14.1. The molecule has 6 nitrogen and oxygen atoms in total. The van der Waals surface area contributed by atoms with Gasteiger partial charge in [-0.25, -0.2) is 0 Å². The van der Waals surface area contributed by atoms with Gasteiger partial charge in [-0.05, 0) is 62.4 Å². The van der Waals surface area contributed by atoms with E-state index in [0.717, 1.165) is 40.3 Å². The minimum Gasteiger partial charge on any atom is -0.348 e. The van der Waals surface area contributed by atoms with Gasteiger partial charge < -0.3 is 15.2 Å². The molecule has 0 aliphatic carbocycles. The molecule has 2 aromatic rings. The van der Waals surface area contributed by atoms with Gasteiger partial charge in [0.1, 0.15) is 11.6 Å². The maximum Gasteiger partial charge on any atom is 0.262 e. The van der Waals surface area contributed by atoms with Gasteiger partial charge in [-0.2, -0.15) is 5.26 Å². The van der Waals surface area contributed by atoms with Gasteiger partial charge in [0.05, 0.1) is 6.54 Å². The number of carbonyl (C=O) groups is 2. The molecule has 0 radical (unpaired) electrons.